The van der Waals surface area contributed by atoms with E-state index in [0.717, 1.165) is 50.7 Å². The van der Waals surface area contributed by atoms with Crippen LogP contribution in [-0.2, 0) is 14.2 Å². The second kappa shape index (κ2) is 13.3. The summed E-state index contributed by atoms with van der Waals surface area (Å²) in [6, 6.07) is 10.2. The lowest BCUT2D eigenvalue weighted by Crippen LogP contribution is -2.40. The number of methoxy groups -OCH3 is 1. The van der Waals surface area contributed by atoms with Crippen molar-refractivity contribution in [3.05, 3.63) is 35.9 Å². The molecule has 2 N–H and O–H groups in total. The van der Waals surface area contributed by atoms with Crippen molar-refractivity contribution in [2.45, 2.75) is 25.0 Å². The number of benzene rings is 1. The summed E-state index contributed by atoms with van der Waals surface area (Å²) in [5, 5.41) is 6.60. The maximum absolute atomic E-state index is 5.75. The minimum absolute atomic E-state index is 0. The van der Waals surface area contributed by atoms with Crippen molar-refractivity contribution >= 4 is 29.9 Å². The summed E-state index contributed by atoms with van der Waals surface area (Å²) in [5.74, 6) is 0.775. The van der Waals surface area contributed by atoms with E-state index < -0.39 is 0 Å². The van der Waals surface area contributed by atoms with E-state index in [-0.39, 0.29) is 36.2 Å². The van der Waals surface area contributed by atoms with Gasteiger partial charge in [-0.05, 0) is 18.4 Å². The van der Waals surface area contributed by atoms with Gasteiger partial charge in [0.2, 0.25) is 0 Å². The number of rotatable bonds is 9. The van der Waals surface area contributed by atoms with Crippen molar-refractivity contribution in [2.24, 2.45) is 4.99 Å². The predicted molar refractivity (Wildman–Crippen MR) is 111 cm³/mol. The average molecular weight is 463 g/mol. The summed E-state index contributed by atoms with van der Waals surface area (Å²) < 4.78 is 16.6. The standard InChI is InChI=1S/C18H29N3O3.HI/c1-19-18(20-10-6-11-24-16-9-12-23-14-16)21-13-17(22-2)15-7-4-3-5-8-15;/h3-5,7-8,16-17H,6,9-14H2,1-2H3,(H2,19,20,21);1H. The van der Waals surface area contributed by atoms with E-state index in [0.29, 0.717) is 6.54 Å². The molecule has 1 heterocycles. The maximum atomic E-state index is 5.75. The van der Waals surface area contributed by atoms with Crippen LogP contribution in [0.1, 0.15) is 24.5 Å². The van der Waals surface area contributed by atoms with Crippen molar-refractivity contribution in [3.63, 3.8) is 0 Å². The van der Waals surface area contributed by atoms with Crippen LogP contribution in [0.25, 0.3) is 0 Å². The zero-order chi connectivity index (χ0) is 17.0. The van der Waals surface area contributed by atoms with Crippen molar-refractivity contribution in [1.29, 1.82) is 0 Å². The monoisotopic (exact) mass is 463 g/mol. The van der Waals surface area contributed by atoms with Crippen LogP contribution in [0.15, 0.2) is 35.3 Å². The molecule has 0 spiro atoms. The van der Waals surface area contributed by atoms with Crippen LogP contribution in [0.5, 0.6) is 0 Å². The Labute approximate surface area is 167 Å². The fourth-order valence-electron chi connectivity index (χ4n) is 2.59. The molecule has 2 rings (SSSR count). The van der Waals surface area contributed by atoms with Crippen LogP contribution in [0.3, 0.4) is 0 Å². The molecule has 1 aliphatic rings. The summed E-state index contributed by atoms with van der Waals surface area (Å²) >= 11 is 0. The highest BCUT2D eigenvalue weighted by Crippen LogP contribution is 2.14. The molecule has 0 aliphatic carbocycles. The molecule has 2 atom stereocenters. The summed E-state index contributed by atoms with van der Waals surface area (Å²) in [6.07, 6.45) is 2.21. The molecular weight excluding hydrogens is 433 g/mol. The van der Waals surface area contributed by atoms with E-state index in [1.54, 1.807) is 14.2 Å². The van der Waals surface area contributed by atoms with Gasteiger partial charge in [0.05, 0.1) is 18.8 Å². The number of nitrogens with one attached hydrogen (secondary N) is 2. The molecule has 0 amide bonds. The lowest BCUT2D eigenvalue weighted by Gasteiger charge is -2.19. The Balaban J connectivity index is 0.00000312. The van der Waals surface area contributed by atoms with Gasteiger partial charge in [-0.3, -0.25) is 4.99 Å². The molecule has 0 aromatic heterocycles. The molecule has 0 bridgehead atoms. The second-order valence-corrected chi connectivity index (χ2v) is 5.72. The summed E-state index contributed by atoms with van der Waals surface area (Å²) in [4.78, 5) is 4.24. The Morgan fingerprint density at radius 2 is 2.12 bits per heavy atom. The highest BCUT2D eigenvalue weighted by molar-refractivity contribution is 14.0. The first kappa shape index (κ1) is 22.1. The average Bonchev–Trinajstić information content (AvgIpc) is 3.14. The first-order chi connectivity index (χ1) is 11.8. The number of hydrogen-bond donors (Lipinski definition) is 2. The molecule has 1 aromatic carbocycles. The lowest BCUT2D eigenvalue weighted by molar-refractivity contribution is 0.0419. The molecule has 1 aromatic rings. The number of ether oxygens (including phenoxy) is 3. The summed E-state index contributed by atoms with van der Waals surface area (Å²) in [6.45, 7) is 3.77. The Morgan fingerprint density at radius 1 is 1.32 bits per heavy atom. The van der Waals surface area contributed by atoms with Gasteiger partial charge >= 0.3 is 0 Å². The molecule has 142 valence electrons. The van der Waals surface area contributed by atoms with Gasteiger partial charge in [0.15, 0.2) is 5.96 Å². The smallest absolute Gasteiger partial charge is 0.191 e. The van der Waals surface area contributed by atoms with Crippen molar-refractivity contribution < 1.29 is 14.2 Å². The number of hydrogen-bond acceptors (Lipinski definition) is 4. The first-order valence-corrected chi connectivity index (χ1v) is 8.55. The van der Waals surface area contributed by atoms with Crippen LogP contribution >= 0.6 is 24.0 Å². The lowest BCUT2D eigenvalue weighted by atomic mass is 10.1. The van der Waals surface area contributed by atoms with Crippen molar-refractivity contribution in [2.75, 3.05) is 47.1 Å². The minimum atomic E-state index is -0.00421. The molecule has 1 fully saturated rings. The van der Waals surface area contributed by atoms with Crippen LogP contribution < -0.4 is 10.6 Å². The van der Waals surface area contributed by atoms with Gasteiger partial charge in [-0.15, -0.1) is 24.0 Å². The second-order valence-electron chi connectivity index (χ2n) is 5.72. The Hall–Kier alpha value is -0.900. The SMILES string of the molecule is CN=C(NCCCOC1CCOC1)NCC(OC)c1ccccc1.I. The molecule has 2 unspecified atom stereocenters. The zero-order valence-corrected chi connectivity index (χ0v) is 17.4. The summed E-state index contributed by atoms with van der Waals surface area (Å²) in [7, 11) is 3.49. The number of guanidine groups is 1. The third kappa shape index (κ3) is 8.35. The molecular formula is C18H30IN3O3. The first-order valence-electron chi connectivity index (χ1n) is 8.55. The van der Waals surface area contributed by atoms with Gasteiger partial charge in [0.25, 0.3) is 0 Å². The molecule has 25 heavy (non-hydrogen) atoms. The van der Waals surface area contributed by atoms with E-state index in [4.69, 9.17) is 14.2 Å². The molecule has 7 heteroatoms. The molecule has 0 saturated carbocycles. The van der Waals surface area contributed by atoms with Gasteiger partial charge in [0, 0.05) is 40.5 Å². The van der Waals surface area contributed by atoms with Gasteiger partial charge in [-0.2, -0.15) is 0 Å². The highest BCUT2D eigenvalue weighted by atomic mass is 127. The Kier molecular flexibility index (Phi) is 11.8. The number of nitrogens with zero attached hydrogens (tertiary/aromatic N) is 1. The van der Waals surface area contributed by atoms with Gasteiger partial charge in [-0.25, -0.2) is 0 Å². The van der Waals surface area contributed by atoms with E-state index in [1.165, 1.54) is 0 Å². The maximum Gasteiger partial charge on any atom is 0.191 e. The Bertz CT molecular complexity index is 482. The van der Waals surface area contributed by atoms with Crippen LogP contribution in [-0.4, -0.2) is 59.1 Å². The highest BCUT2D eigenvalue weighted by Gasteiger charge is 2.15. The topological polar surface area (TPSA) is 64.1 Å². The van der Waals surface area contributed by atoms with E-state index in [9.17, 15) is 0 Å². The molecule has 6 nitrogen and oxygen atoms in total. The van der Waals surface area contributed by atoms with Gasteiger partial charge in [-0.1, -0.05) is 30.3 Å². The molecule has 1 saturated heterocycles. The van der Waals surface area contributed by atoms with Gasteiger partial charge < -0.3 is 24.8 Å². The van der Waals surface area contributed by atoms with Crippen LogP contribution in [0.2, 0.25) is 0 Å². The third-order valence-corrected chi connectivity index (χ3v) is 3.99. The molecule has 1 aliphatic heterocycles. The van der Waals surface area contributed by atoms with Crippen LogP contribution in [0.4, 0.5) is 0 Å². The quantitative estimate of drug-likeness (QED) is 0.255. The largest absolute Gasteiger partial charge is 0.379 e. The zero-order valence-electron chi connectivity index (χ0n) is 15.1. The normalized spacial score (nSPS) is 18.5. The Morgan fingerprint density at radius 3 is 2.76 bits per heavy atom. The summed E-state index contributed by atoms with van der Waals surface area (Å²) in [5.41, 5.74) is 1.15. The van der Waals surface area contributed by atoms with Crippen molar-refractivity contribution in [1.82, 2.24) is 10.6 Å². The fourth-order valence-corrected chi connectivity index (χ4v) is 2.59. The number of aliphatic imine (C=N–C) groups is 1. The number of halogens is 1. The van der Waals surface area contributed by atoms with Gasteiger partial charge in [0.1, 0.15) is 0 Å². The third-order valence-electron chi connectivity index (χ3n) is 3.99. The molecule has 0 radical (unpaired) electrons. The van der Waals surface area contributed by atoms with Crippen molar-refractivity contribution in [3.8, 4) is 0 Å². The van der Waals surface area contributed by atoms with E-state index >= 15 is 0 Å². The predicted octanol–water partition coefficient (Wildman–Crippen LogP) is 2.35. The van der Waals surface area contributed by atoms with E-state index in [1.807, 2.05) is 18.2 Å². The minimum Gasteiger partial charge on any atom is -0.379 e. The van der Waals surface area contributed by atoms with E-state index in [2.05, 4.69) is 27.8 Å². The van der Waals surface area contributed by atoms with Crippen LogP contribution in [0, 0.1) is 0 Å². The fraction of sp³-hybridized carbons (Fsp3) is 0.611.